The van der Waals surface area contributed by atoms with Crippen LogP contribution in [0.2, 0.25) is 0 Å². The molecule has 0 bridgehead atoms. The van der Waals surface area contributed by atoms with Gasteiger partial charge in [-0.1, -0.05) is 18.2 Å². The third-order valence-electron chi connectivity index (χ3n) is 4.82. The summed E-state index contributed by atoms with van der Waals surface area (Å²) in [5.41, 5.74) is 0.998. The fourth-order valence-corrected chi connectivity index (χ4v) is 3.12. The number of halogens is 2. The molecule has 0 saturated heterocycles. The Morgan fingerprint density at radius 3 is 2.42 bits per heavy atom. The van der Waals surface area contributed by atoms with Crippen LogP contribution in [0, 0.1) is 11.6 Å². The van der Waals surface area contributed by atoms with Crippen LogP contribution >= 0.6 is 0 Å². The van der Waals surface area contributed by atoms with E-state index >= 15 is 0 Å². The van der Waals surface area contributed by atoms with Crippen molar-refractivity contribution in [3.05, 3.63) is 89.9 Å². The van der Waals surface area contributed by atoms with Crippen LogP contribution in [-0.4, -0.2) is 48.5 Å². The Hall–Kier alpha value is -3.72. The number of hydrogen-bond donors (Lipinski definition) is 1. The van der Waals surface area contributed by atoms with Crippen molar-refractivity contribution in [1.29, 1.82) is 0 Å². The number of nitrogens with zero attached hydrogens (tertiary/aromatic N) is 2. The van der Waals surface area contributed by atoms with Crippen LogP contribution in [0.1, 0.15) is 11.3 Å². The van der Waals surface area contributed by atoms with Crippen molar-refractivity contribution in [2.45, 2.75) is 13.1 Å². The van der Waals surface area contributed by atoms with Gasteiger partial charge >= 0.3 is 6.03 Å². The number of anilines is 1. The average Bonchev–Trinajstić information content (AvgIpc) is 3.30. The van der Waals surface area contributed by atoms with E-state index in [-0.39, 0.29) is 50.2 Å². The molecule has 0 unspecified atom stereocenters. The van der Waals surface area contributed by atoms with Crippen LogP contribution < -0.4 is 5.32 Å². The van der Waals surface area contributed by atoms with E-state index in [1.807, 2.05) is 0 Å². The molecule has 2 aromatic carbocycles. The smallest absolute Gasteiger partial charge is 0.322 e. The first-order valence-electron chi connectivity index (χ1n) is 10.3. The maximum absolute atomic E-state index is 13.5. The van der Waals surface area contributed by atoms with Crippen LogP contribution in [-0.2, 0) is 22.6 Å². The molecule has 0 aliphatic heterocycles. The minimum Gasteiger partial charge on any atom is -0.467 e. The molecule has 0 aliphatic rings. The number of furan rings is 1. The van der Waals surface area contributed by atoms with E-state index in [2.05, 4.69) is 5.32 Å². The predicted molar refractivity (Wildman–Crippen MR) is 118 cm³/mol. The topological polar surface area (TPSA) is 75.0 Å². The molecule has 1 aromatic heterocycles. The number of benzene rings is 2. The van der Waals surface area contributed by atoms with Gasteiger partial charge in [0.05, 0.1) is 19.4 Å². The Morgan fingerprint density at radius 2 is 1.76 bits per heavy atom. The van der Waals surface area contributed by atoms with Gasteiger partial charge in [0, 0.05) is 25.9 Å². The van der Waals surface area contributed by atoms with E-state index in [9.17, 15) is 18.4 Å². The summed E-state index contributed by atoms with van der Waals surface area (Å²) in [6, 6.07) is 14.2. The number of carbonyl (C=O) groups is 2. The summed E-state index contributed by atoms with van der Waals surface area (Å²) in [6.07, 6.45) is 1.51. The van der Waals surface area contributed by atoms with Crippen molar-refractivity contribution < 1.29 is 27.5 Å². The molecular weight excluding hydrogens is 432 g/mol. The van der Waals surface area contributed by atoms with Gasteiger partial charge in [0.1, 0.15) is 23.9 Å². The molecular formula is C24H25F2N3O4. The average molecular weight is 457 g/mol. The molecule has 33 heavy (non-hydrogen) atoms. The van der Waals surface area contributed by atoms with E-state index in [4.69, 9.17) is 9.15 Å². The van der Waals surface area contributed by atoms with Gasteiger partial charge in [-0.2, -0.15) is 0 Å². The minimum atomic E-state index is -0.564. The summed E-state index contributed by atoms with van der Waals surface area (Å²) >= 11 is 0. The second kappa shape index (κ2) is 11.8. The zero-order valence-corrected chi connectivity index (χ0v) is 18.2. The monoisotopic (exact) mass is 457 g/mol. The lowest BCUT2D eigenvalue weighted by Crippen LogP contribution is -2.45. The lowest BCUT2D eigenvalue weighted by Gasteiger charge is -2.27. The Kier molecular flexibility index (Phi) is 8.54. The highest BCUT2D eigenvalue weighted by Crippen LogP contribution is 2.14. The Morgan fingerprint density at radius 1 is 0.970 bits per heavy atom. The number of hydrogen-bond acceptors (Lipinski definition) is 4. The first-order chi connectivity index (χ1) is 15.9. The zero-order chi connectivity index (χ0) is 23.6. The summed E-state index contributed by atoms with van der Waals surface area (Å²) in [4.78, 5) is 28.8. The van der Waals surface area contributed by atoms with Crippen molar-refractivity contribution in [2.24, 2.45) is 0 Å². The number of nitrogens with one attached hydrogen (secondary N) is 1. The molecule has 0 atom stereocenters. The van der Waals surface area contributed by atoms with E-state index in [0.717, 1.165) is 5.56 Å². The number of amides is 3. The van der Waals surface area contributed by atoms with Gasteiger partial charge in [-0.25, -0.2) is 13.6 Å². The first-order valence-corrected chi connectivity index (χ1v) is 10.3. The predicted octanol–water partition coefficient (Wildman–Crippen LogP) is 4.27. The first kappa shape index (κ1) is 23.9. The largest absolute Gasteiger partial charge is 0.467 e. The Balaban J connectivity index is 1.74. The van der Waals surface area contributed by atoms with Gasteiger partial charge in [0.25, 0.3) is 0 Å². The number of carbonyl (C=O) groups excluding carboxylic acids is 2. The number of urea groups is 1. The van der Waals surface area contributed by atoms with Crippen LogP contribution in [0.15, 0.2) is 71.3 Å². The normalized spacial score (nSPS) is 10.6. The molecule has 3 aromatic rings. The molecule has 0 saturated carbocycles. The van der Waals surface area contributed by atoms with E-state index in [1.54, 1.807) is 30.3 Å². The molecule has 0 radical (unpaired) electrons. The highest BCUT2D eigenvalue weighted by molar-refractivity contribution is 5.92. The van der Waals surface area contributed by atoms with Crippen LogP contribution in [0.5, 0.6) is 0 Å². The Bertz CT molecular complexity index is 1040. The lowest BCUT2D eigenvalue weighted by atomic mass is 10.2. The summed E-state index contributed by atoms with van der Waals surface area (Å²) in [5, 5.41) is 2.60. The van der Waals surface area contributed by atoms with E-state index in [0.29, 0.717) is 5.76 Å². The van der Waals surface area contributed by atoms with Crippen LogP contribution in [0.4, 0.5) is 19.3 Å². The van der Waals surface area contributed by atoms with Crippen LogP contribution in [0.3, 0.4) is 0 Å². The van der Waals surface area contributed by atoms with Gasteiger partial charge in [0.15, 0.2) is 0 Å². The maximum Gasteiger partial charge on any atom is 0.322 e. The van der Waals surface area contributed by atoms with Gasteiger partial charge in [-0.3, -0.25) is 4.79 Å². The summed E-state index contributed by atoms with van der Waals surface area (Å²) < 4.78 is 37.2. The van der Waals surface area contributed by atoms with Crippen LogP contribution in [0.25, 0.3) is 0 Å². The highest BCUT2D eigenvalue weighted by Gasteiger charge is 2.23. The SMILES string of the molecule is COCCN(CC(=O)N(Cc1ccc(F)cc1)Cc1ccco1)C(=O)Nc1cccc(F)c1. The lowest BCUT2D eigenvalue weighted by molar-refractivity contribution is -0.133. The van der Waals surface area contributed by atoms with E-state index < -0.39 is 11.8 Å². The molecule has 1 heterocycles. The molecule has 0 aliphatic carbocycles. The molecule has 9 heteroatoms. The quantitative estimate of drug-likeness (QED) is 0.494. The summed E-state index contributed by atoms with van der Waals surface area (Å²) in [6.45, 7) is 0.483. The van der Waals surface area contributed by atoms with Gasteiger partial charge in [-0.05, 0) is 48.0 Å². The molecule has 3 rings (SSSR count). The second-order valence-electron chi connectivity index (χ2n) is 7.31. The molecule has 1 N–H and O–H groups in total. The van der Waals surface area contributed by atoms with Crippen molar-refractivity contribution in [2.75, 3.05) is 32.1 Å². The summed E-state index contributed by atoms with van der Waals surface area (Å²) in [7, 11) is 1.49. The highest BCUT2D eigenvalue weighted by atomic mass is 19.1. The third-order valence-corrected chi connectivity index (χ3v) is 4.82. The van der Waals surface area contributed by atoms with Crippen molar-refractivity contribution in [1.82, 2.24) is 9.80 Å². The molecule has 0 fully saturated rings. The maximum atomic E-state index is 13.5. The van der Waals surface area contributed by atoms with Gasteiger partial charge < -0.3 is 24.3 Å². The standard InChI is InChI=1S/C24H25F2N3O4/c1-32-13-11-28(24(31)27-21-5-2-4-20(26)14-21)17-23(30)29(16-22-6-3-12-33-22)15-18-7-9-19(25)10-8-18/h2-10,12,14H,11,13,15-17H2,1H3,(H,27,31). The Labute approximate surface area is 190 Å². The van der Waals surface area contributed by atoms with Gasteiger partial charge in [-0.15, -0.1) is 0 Å². The summed E-state index contributed by atoms with van der Waals surface area (Å²) in [5.74, 6) is -0.641. The van der Waals surface area contributed by atoms with Crippen molar-refractivity contribution in [3.8, 4) is 0 Å². The third kappa shape index (κ3) is 7.43. The van der Waals surface area contributed by atoms with Crippen molar-refractivity contribution >= 4 is 17.6 Å². The van der Waals surface area contributed by atoms with Gasteiger partial charge in [0.2, 0.25) is 5.91 Å². The minimum absolute atomic E-state index is 0.147. The molecule has 3 amide bonds. The molecule has 0 spiro atoms. The van der Waals surface area contributed by atoms with Crippen molar-refractivity contribution in [3.63, 3.8) is 0 Å². The molecule has 174 valence electrons. The molecule has 7 nitrogen and oxygen atoms in total. The number of methoxy groups -OCH3 is 1. The number of rotatable bonds is 10. The fourth-order valence-electron chi connectivity index (χ4n) is 3.12. The van der Waals surface area contributed by atoms with E-state index in [1.165, 1.54) is 53.5 Å². The number of ether oxygens (including phenoxy) is 1. The zero-order valence-electron chi connectivity index (χ0n) is 18.2. The fraction of sp³-hybridized carbons (Fsp3) is 0.250. The second-order valence-corrected chi connectivity index (χ2v) is 7.31.